The van der Waals surface area contributed by atoms with Crippen molar-refractivity contribution in [2.75, 3.05) is 26.7 Å². The highest BCUT2D eigenvalue weighted by Crippen LogP contribution is 2.43. The average molecular weight is 397 g/mol. The highest BCUT2D eigenvalue weighted by atomic mass is 16.5. The van der Waals surface area contributed by atoms with E-state index in [0.29, 0.717) is 12.5 Å². The van der Waals surface area contributed by atoms with Gasteiger partial charge in [-0.15, -0.1) is 0 Å². The maximum absolute atomic E-state index is 13.3. The fourth-order valence-corrected chi connectivity index (χ4v) is 5.92. The maximum atomic E-state index is 13.3. The minimum absolute atomic E-state index is 0.0655. The number of ether oxygens (including phenoxy) is 1. The minimum atomic E-state index is 0.0655. The molecule has 3 atom stereocenters. The summed E-state index contributed by atoms with van der Waals surface area (Å²) in [6.07, 6.45) is 10.2. The number of likely N-dealkylation sites (N-methyl/N-ethyl adjacent to an activating group) is 1. The molecule has 5 nitrogen and oxygen atoms in total. The number of carbonyl (C=O) groups is 1. The number of hydrogen-bond donors (Lipinski definition) is 0. The molecule has 1 aromatic heterocycles. The molecule has 3 fully saturated rings. The second-order valence-electron chi connectivity index (χ2n) is 9.19. The fraction of sp³-hybridized carbons (Fsp3) is 0.625. The molecule has 2 saturated heterocycles. The average Bonchev–Trinajstić information content (AvgIpc) is 3.49. The smallest absolute Gasteiger partial charge is 0.227 e. The second-order valence-corrected chi connectivity index (χ2v) is 9.19. The van der Waals surface area contributed by atoms with Crippen LogP contribution in [0.25, 0.3) is 11.0 Å². The monoisotopic (exact) mass is 396 g/mol. The normalized spacial score (nSPS) is 30.4. The number of furan rings is 1. The van der Waals surface area contributed by atoms with Crippen LogP contribution in [0.15, 0.2) is 34.9 Å². The predicted molar refractivity (Wildman–Crippen MR) is 113 cm³/mol. The molecule has 5 rings (SSSR count). The summed E-state index contributed by atoms with van der Waals surface area (Å²) in [6, 6.07) is 8.64. The van der Waals surface area contributed by atoms with Crippen LogP contribution in [0.3, 0.4) is 0 Å². The lowest BCUT2D eigenvalue weighted by Crippen LogP contribution is -2.58. The lowest BCUT2D eigenvalue weighted by molar-refractivity contribution is -0.136. The van der Waals surface area contributed by atoms with Gasteiger partial charge >= 0.3 is 0 Å². The van der Waals surface area contributed by atoms with Crippen LogP contribution in [-0.2, 0) is 16.0 Å². The summed E-state index contributed by atoms with van der Waals surface area (Å²) in [7, 11) is 2.01. The van der Waals surface area contributed by atoms with Gasteiger partial charge in [0.25, 0.3) is 0 Å². The van der Waals surface area contributed by atoms with Gasteiger partial charge in [0.15, 0.2) is 0 Å². The Morgan fingerprint density at radius 1 is 1.21 bits per heavy atom. The van der Waals surface area contributed by atoms with E-state index in [0.717, 1.165) is 55.5 Å². The number of likely N-dealkylation sites (tertiary alicyclic amines) is 1. The van der Waals surface area contributed by atoms with E-state index in [1.807, 2.05) is 36.2 Å². The second kappa shape index (κ2) is 7.77. The quantitative estimate of drug-likeness (QED) is 0.784. The first-order valence-electron chi connectivity index (χ1n) is 11.2. The number of nitrogens with zero attached hydrogens (tertiary/aromatic N) is 2. The van der Waals surface area contributed by atoms with E-state index in [2.05, 4.69) is 4.90 Å². The molecular weight excluding hydrogens is 364 g/mol. The Morgan fingerprint density at radius 3 is 2.86 bits per heavy atom. The van der Waals surface area contributed by atoms with E-state index in [4.69, 9.17) is 9.15 Å². The first-order chi connectivity index (χ1) is 14.2. The van der Waals surface area contributed by atoms with Gasteiger partial charge in [0, 0.05) is 31.1 Å². The minimum Gasteiger partial charge on any atom is -0.464 e. The topological polar surface area (TPSA) is 45.9 Å². The van der Waals surface area contributed by atoms with Crippen molar-refractivity contribution in [2.24, 2.45) is 0 Å². The highest BCUT2D eigenvalue weighted by molar-refractivity contribution is 5.87. The third-order valence-electron chi connectivity index (χ3n) is 7.53. The standard InChI is InChI=1S/C24H32N2O3/c1-25(23(27)16-18-6-4-7-22-19(18)9-15-28-22)20-8-11-24(10-5-14-29-24)17-21(20)26-12-2-3-13-26/h4,6-7,9,15,20-21H,2-3,5,8,10-14,16-17H2,1H3/t20-,21-,24-/m1/s1. The first-order valence-corrected chi connectivity index (χ1v) is 11.2. The van der Waals surface area contributed by atoms with E-state index >= 15 is 0 Å². The Morgan fingerprint density at radius 2 is 2.07 bits per heavy atom. The van der Waals surface area contributed by atoms with Gasteiger partial charge in [-0.05, 0) is 75.7 Å². The zero-order valence-electron chi connectivity index (χ0n) is 17.4. The molecule has 0 unspecified atom stereocenters. The van der Waals surface area contributed by atoms with Crippen molar-refractivity contribution in [2.45, 2.75) is 69.1 Å². The Hall–Kier alpha value is -1.85. The largest absolute Gasteiger partial charge is 0.464 e. The Bertz CT molecular complexity index is 864. The molecular formula is C24H32N2O3. The summed E-state index contributed by atoms with van der Waals surface area (Å²) in [6.45, 7) is 3.22. The van der Waals surface area contributed by atoms with E-state index in [1.54, 1.807) is 6.26 Å². The van der Waals surface area contributed by atoms with Gasteiger partial charge in [-0.1, -0.05) is 12.1 Å². The Labute approximate surface area is 173 Å². The van der Waals surface area contributed by atoms with Gasteiger partial charge < -0.3 is 14.1 Å². The third kappa shape index (κ3) is 3.59. The molecule has 2 aromatic rings. The zero-order valence-corrected chi connectivity index (χ0v) is 17.4. The van der Waals surface area contributed by atoms with Crippen LogP contribution in [0.2, 0.25) is 0 Å². The SMILES string of the molecule is CN(C(=O)Cc1cccc2occc12)[C@@H]1CC[C@]2(CCCO2)C[C@H]1N1CCCC1. The predicted octanol–water partition coefficient (Wildman–Crippen LogP) is 4.00. The number of amides is 1. The van der Waals surface area contributed by atoms with E-state index in [9.17, 15) is 4.79 Å². The van der Waals surface area contributed by atoms with Crippen LogP contribution in [-0.4, -0.2) is 60.1 Å². The molecule has 156 valence electrons. The molecule has 1 aliphatic carbocycles. The molecule has 1 aromatic carbocycles. The number of fused-ring (bicyclic) bond motifs is 1. The molecule has 1 spiro atoms. The van der Waals surface area contributed by atoms with Gasteiger partial charge in [-0.3, -0.25) is 9.69 Å². The first kappa shape index (κ1) is 19.1. The number of carbonyl (C=O) groups excluding carboxylic acids is 1. The lowest BCUT2D eigenvalue weighted by atomic mass is 9.76. The van der Waals surface area contributed by atoms with Crippen molar-refractivity contribution in [1.82, 2.24) is 9.80 Å². The summed E-state index contributed by atoms with van der Waals surface area (Å²) in [5, 5.41) is 1.05. The van der Waals surface area contributed by atoms with Crippen LogP contribution in [0.1, 0.15) is 50.5 Å². The summed E-state index contributed by atoms with van der Waals surface area (Å²) in [5.41, 5.74) is 1.97. The van der Waals surface area contributed by atoms with E-state index in [1.165, 1.54) is 25.7 Å². The summed E-state index contributed by atoms with van der Waals surface area (Å²) >= 11 is 0. The van der Waals surface area contributed by atoms with Gasteiger partial charge in [-0.25, -0.2) is 0 Å². The molecule has 3 aliphatic rings. The molecule has 29 heavy (non-hydrogen) atoms. The van der Waals surface area contributed by atoms with Crippen molar-refractivity contribution in [3.05, 3.63) is 36.1 Å². The Kier molecular flexibility index (Phi) is 5.12. The van der Waals surface area contributed by atoms with Crippen LogP contribution >= 0.6 is 0 Å². The van der Waals surface area contributed by atoms with Crippen LogP contribution in [0.5, 0.6) is 0 Å². The van der Waals surface area contributed by atoms with Gasteiger partial charge in [0.1, 0.15) is 5.58 Å². The van der Waals surface area contributed by atoms with Crippen LogP contribution in [0, 0.1) is 0 Å². The summed E-state index contributed by atoms with van der Waals surface area (Å²) in [4.78, 5) is 18.0. The van der Waals surface area contributed by atoms with Gasteiger partial charge in [0.05, 0.1) is 18.3 Å². The molecule has 3 heterocycles. The maximum Gasteiger partial charge on any atom is 0.227 e. The lowest BCUT2D eigenvalue weighted by Gasteiger charge is -2.48. The van der Waals surface area contributed by atoms with Crippen molar-refractivity contribution >= 4 is 16.9 Å². The van der Waals surface area contributed by atoms with Crippen LogP contribution < -0.4 is 0 Å². The van der Waals surface area contributed by atoms with E-state index in [-0.39, 0.29) is 17.6 Å². The molecule has 0 N–H and O–H groups in total. The summed E-state index contributed by atoms with van der Waals surface area (Å²) < 4.78 is 11.8. The number of hydrogen-bond acceptors (Lipinski definition) is 4. The molecule has 0 radical (unpaired) electrons. The highest BCUT2D eigenvalue weighted by Gasteiger charge is 2.47. The van der Waals surface area contributed by atoms with Crippen LogP contribution in [0.4, 0.5) is 0 Å². The number of rotatable bonds is 4. The molecule has 2 aliphatic heterocycles. The van der Waals surface area contributed by atoms with Crippen molar-refractivity contribution < 1.29 is 13.9 Å². The third-order valence-corrected chi connectivity index (χ3v) is 7.53. The van der Waals surface area contributed by atoms with Crippen molar-refractivity contribution in [3.63, 3.8) is 0 Å². The molecule has 1 amide bonds. The van der Waals surface area contributed by atoms with Gasteiger partial charge in [0.2, 0.25) is 5.91 Å². The van der Waals surface area contributed by atoms with Crippen molar-refractivity contribution in [1.29, 1.82) is 0 Å². The Balaban J connectivity index is 1.34. The molecule has 1 saturated carbocycles. The van der Waals surface area contributed by atoms with Crippen molar-refractivity contribution in [3.8, 4) is 0 Å². The molecule has 5 heteroatoms. The fourth-order valence-electron chi connectivity index (χ4n) is 5.92. The van der Waals surface area contributed by atoms with Gasteiger partial charge in [-0.2, -0.15) is 0 Å². The zero-order chi connectivity index (χ0) is 19.8. The van der Waals surface area contributed by atoms with E-state index < -0.39 is 0 Å². The summed E-state index contributed by atoms with van der Waals surface area (Å²) in [5.74, 6) is 0.205. The molecule has 0 bridgehead atoms. The number of benzene rings is 1.